The molecule has 2 rings (SSSR count). The number of ether oxygens (including phenoxy) is 2. The summed E-state index contributed by atoms with van der Waals surface area (Å²) in [6.07, 6.45) is 4.97. The number of fused-ring (bicyclic) bond motifs is 1. The first-order chi connectivity index (χ1) is 11.7. The number of hydrogen-bond donors (Lipinski definition) is 1. The fourth-order valence-electron chi connectivity index (χ4n) is 3.08. The van der Waals surface area contributed by atoms with E-state index in [1.54, 1.807) is 14.2 Å². The number of carbonyl (C=O) groups is 1. The standard InChI is InChI=1S/C19H30N2O3/c1-4-5-6-9-20-19(22)8-11-21-10-7-15-12-17(23-2)18(24-3)13-16(15)14-21/h12-13H,4-11,14H2,1-3H3,(H,20,22). The molecule has 0 saturated carbocycles. The van der Waals surface area contributed by atoms with Crippen molar-refractivity contribution in [1.82, 2.24) is 10.2 Å². The molecule has 24 heavy (non-hydrogen) atoms. The number of methoxy groups -OCH3 is 2. The Hall–Kier alpha value is -1.75. The van der Waals surface area contributed by atoms with Gasteiger partial charge in [-0.05, 0) is 36.1 Å². The van der Waals surface area contributed by atoms with E-state index < -0.39 is 0 Å². The number of rotatable bonds is 9. The van der Waals surface area contributed by atoms with E-state index in [2.05, 4.69) is 29.3 Å². The van der Waals surface area contributed by atoms with Gasteiger partial charge < -0.3 is 14.8 Å². The van der Waals surface area contributed by atoms with Crippen molar-refractivity contribution in [2.45, 2.75) is 45.6 Å². The Morgan fingerprint density at radius 1 is 1.17 bits per heavy atom. The van der Waals surface area contributed by atoms with Gasteiger partial charge in [-0.25, -0.2) is 0 Å². The molecule has 5 heteroatoms. The molecule has 1 aromatic carbocycles. The number of nitrogens with one attached hydrogen (secondary N) is 1. The number of hydrogen-bond acceptors (Lipinski definition) is 4. The minimum absolute atomic E-state index is 0.157. The summed E-state index contributed by atoms with van der Waals surface area (Å²) < 4.78 is 10.8. The van der Waals surface area contributed by atoms with E-state index in [0.29, 0.717) is 6.42 Å². The monoisotopic (exact) mass is 334 g/mol. The summed E-state index contributed by atoms with van der Waals surface area (Å²) >= 11 is 0. The topological polar surface area (TPSA) is 50.8 Å². The van der Waals surface area contributed by atoms with Crippen LogP contribution >= 0.6 is 0 Å². The second-order valence-electron chi connectivity index (χ2n) is 6.31. The Labute approximate surface area is 145 Å². The van der Waals surface area contributed by atoms with Gasteiger partial charge in [0.25, 0.3) is 0 Å². The van der Waals surface area contributed by atoms with Crippen molar-refractivity contribution in [2.24, 2.45) is 0 Å². The molecule has 134 valence electrons. The molecule has 1 aliphatic rings. The fraction of sp³-hybridized carbons (Fsp3) is 0.632. The van der Waals surface area contributed by atoms with Gasteiger partial charge in [0.15, 0.2) is 11.5 Å². The molecule has 1 aliphatic heterocycles. The van der Waals surface area contributed by atoms with Gasteiger partial charge in [-0.2, -0.15) is 0 Å². The molecule has 5 nitrogen and oxygen atoms in total. The van der Waals surface area contributed by atoms with Crippen LogP contribution < -0.4 is 14.8 Å². The van der Waals surface area contributed by atoms with Gasteiger partial charge >= 0.3 is 0 Å². The van der Waals surface area contributed by atoms with Crippen LogP contribution in [0.5, 0.6) is 11.5 Å². The van der Waals surface area contributed by atoms with Crippen molar-refractivity contribution >= 4 is 5.91 Å². The van der Waals surface area contributed by atoms with Crippen LogP contribution in [0.15, 0.2) is 12.1 Å². The van der Waals surface area contributed by atoms with Crippen molar-refractivity contribution in [3.8, 4) is 11.5 Å². The van der Waals surface area contributed by atoms with Gasteiger partial charge in [0.1, 0.15) is 0 Å². The average Bonchev–Trinajstić information content (AvgIpc) is 2.62. The Morgan fingerprint density at radius 3 is 2.54 bits per heavy atom. The summed E-state index contributed by atoms with van der Waals surface area (Å²) in [5.41, 5.74) is 2.58. The Kier molecular flexibility index (Phi) is 7.37. The molecule has 0 aliphatic carbocycles. The summed E-state index contributed by atoms with van der Waals surface area (Å²) in [6, 6.07) is 4.14. The van der Waals surface area contributed by atoms with Crippen LogP contribution in [0.1, 0.15) is 43.7 Å². The van der Waals surface area contributed by atoms with Crippen LogP contribution in [0.3, 0.4) is 0 Å². The third kappa shape index (κ3) is 5.13. The van der Waals surface area contributed by atoms with Crippen LogP contribution in [-0.2, 0) is 17.8 Å². The first-order valence-corrected chi connectivity index (χ1v) is 8.90. The van der Waals surface area contributed by atoms with Gasteiger partial charge in [-0.1, -0.05) is 19.8 Å². The zero-order valence-electron chi connectivity index (χ0n) is 15.2. The molecule has 0 unspecified atom stereocenters. The van der Waals surface area contributed by atoms with Gasteiger partial charge in [-0.15, -0.1) is 0 Å². The minimum Gasteiger partial charge on any atom is -0.493 e. The SMILES string of the molecule is CCCCCNC(=O)CCN1CCc2cc(OC)c(OC)cc2C1. The molecule has 0 spiro atoms. The van der Waals surface area contributed by atoms with E-state index in [4.69, 9.17) is 9.47 Å². The molecule has 1 heterocycles. The first kappa shape index (κ1) is 18.6. The minimum atomic E-state index is 0.157. The predicted octanol–water partition coefficient (Wildman–Crippen LogP) is 2.76. The fourth-order valence-corrected chi connectivity index (χ4v) is 3.08. The van der Waals surface area contributed by atoms with Crippen molar-refractivity contribution < 1.29 is 14.3 Å². The molecular weight excluding hydrogens is 304 g/mol. The Bertz CT molecular complexity index is 546. The highest BCUT2D eigenvalue weighted by atomic mass is 16.5. The molecule has 0 fully saturated rings. The van der Waals surface area contributed by atoms with Gasteiger partial charge in [-0.3, -0.25) is 9.69 Å². The van der Waals surface area contributed by atoms with E-state index in [9.17, 15) is 4.79 Å². The number of benzene rings is 1. The summed E-state index contributed by atoms with van der Waals surface area (Å²) in [7, 11) is 3.33. The second-order valence-corrected chi connectivity index (χ2v) is 6.31. The third-order valence-corrected chi connectivity index (χ3v) is 4.55. The molecule has 0 atom stereocenters. The van der Waals surface area contributed by atoms with Crippen LogP contribution in [-0.4, -0.2) is 44.7 Å². The second kappa shape index (κ2) is 9.52. The summed E-state index contributed by atoms with van der Waals surface area (Å²) in [5.74, 6) is 1.71. The third-order valence-electron chi connectivity index (χ3n) is 4.55. The van der Waals surface area contributed by atoms with E-state index in [1.807, 2.05) is 0 Å². The molecule has 0 radical (unpaired) electrons. The lowest BCUT2D eigenvalue weighted by atomic mass is 9.98. The zero-order valence-corrected chi connectivity index (χ0v) is 15.2. The summed E-state index contributed by atoms with van der Waals surface area (Å²) in [5, 5.41) is 3.01. The van der Waals surface area contributed by atoms with Crippen LogP contribution in [0.2, 0.25) is 0 Å². The summed E-state index contributed by atoms with van der Waals surface area (Å²) in [6.45, 7) is 5.60. The lowest BCUT2D eigenvalue weighted by Gasteiger charge is -2.29. The van der Waals surface area contributed by atoms with E-state index in [1.165, 1.54) is 24.0 Å². The molecule has 0 aromatic heterocycles. The van der Waals surface area contributed by atoms with Crippen molar-refractivity contribution in [1.29, 1.82) is 0 Å². The van der Waals surface area contributed by atoms with Crippen LogP contribution in [0, 0.1) is 0 Å². The quantitative estimate of drug-likeness (QED) is 0.706. The highest BCUT2D eigenvalue weighted by Crippen LogP contribution is 2.33. The number of carbonyl (C=O) groups excluding carboxylic acids is 1. The molecule has 0 saturated heterocycles. The highest BCUT2D eigenvalue weighted by Gasteiger charge is 2.19. The van der Waals surface area contributed by atoms with Crippen LogP contribution in [0.4, 0.5) is 0 Å². The average molecular weight is 334 g/mol. The van der Waals surface area contributed by atoms with Crippen molar-refractivity contribution in [3.63, 3.8) is 0 Å². The van der Waals surface area contributed by atoms with E-state index in [-0.39, 0.29) is 5.91 Å². The lowest BCUT2D eigenvalue weighted by molar-refractivity contribution is -0.121. The van der Waals surface area contributed by atoms with Gasteiger partial charge in [0.05, 0.1) is 14.2 Å². The highest BCUT2D eigenvalue weighted by molar-refractivity contribution is 5.76. The van der Waals surface area contributed by atoms with Gasteiger partial charge in [0, 0.05) is 32.6 Å². The van der Waals surface area contributed by atoms with Crippen molar-refractivity contribution in [2.75, 3.05) is 33.9 Å². The molecule has 1 N–H and O–H groups in total. The maximum Gasteiger partial charge on any atom is 0.221 e. The molecular formula is C19H30N2O3. The first-order valence-electron chi connectivity index (χ1n) is 8.90. The largest absolute Gasteiger partial charge is 0.493 e. The summed E-state index contributed by atoms with van der Waals surface area (Å²) in [4.78, 5) is 14.2. The van der Waals surface area contributed by atoms with E-state index in [0.717, 1.165) is 50.5 Å². The normalized spacial score (nSPS) is 14.1. The van der Waals surface area contributed by atoms with Gasteiger partial charge in [0.2, 0.25) is 5.91 Å². The lowest BCUT2D eigenvalue weighted by Crippen LogP contribution is -2.34. The molecule has 1 amide bonds. The maximum atomic E-state index is 11.9. The number of nitrogens with zero attached hydrogens (tertiary/aromatic N) is 1. The zero-order chi connectivity index (χ0) is 17.4. The number of unbranched alkanes of at least 4 members (excludes halogenated alkanes) is 2. The van der Waals surface area contributed by atoms with Crippen molar-refractivity contribution in [3.05, 3.63) is 23.3 Å². The smallest absolute Gasteiger partial charge is 0.221 e. The van der Waals surface area contributed by atoms with E-state index >= 15 is 0 Å². The maximum absolute atomic E-state index is 11.9. The van der Waals surface area contributed by atoms with Crippen LogP contribution in [0.25, 0.3) is 0 Å². The Morgan fingerprint density at radius 2 is 1.88 bits per heavy atom. The number of amides is 1. The predicted molar refractivity (Wildman–Crippen MR) is 95.7 cm³/mol. The molecule has 1 aromatic rings. The Balaban J connectivity index is 1.83. The molecule has 0 bridgehead atoms.